The number of nitrogens with two attached hydrogens (primary N) is 1. The van der Waals surface area contributed by atoms with Gasteiger partial charge >= 0.3 is 0 Å². The number of hydrogen-bond acceptors (Lipinski definition) is 3. The zero-order chi connectivity index (χ0) is 12.7. The number of nitrogens with zero attached hydrogens (tertiary/aromatic N) is 2. The van der Waals surface area contributed by atoms with Crippen LogP contribution in [0.25, 0.3) is 0 Å². The van der Waals surface area contributed by atoms with Gasteiger partial charge < -0.3 is 5.73 Å². The summed E-state index contributed by atoms with van der Waals surface area (Å²) in [5, 5.41) is 0. The van der Waals surface area contributed by atoms with Crippen LogP contribution in [-0.4, -0.2) is 29.5 Å². The van der Waals surface area contributed by atoms with E-state index in [1.807, 2.05) is 12.4 Å². The normalized spacial score (nSPS) is 14.9. The molecular weight excluding hydrogens is 210 g/mol. The lowest BCUT2D eigenvalue weighted by Gasteiger charge is -2.33. The molecule has 3 nitrogen and oxygen atoms in total. The van der Waals surface area contributed by atoms with Crippen LogP contribution in [0.15, 0.2) is 24.5 Å². The highest BCUT2D eigenvalue weighted by Crippen LogP contribution is 2.21. The first-order valence-corrected chi connectivity index (χ1v) is 6.45. The molecule has 2 N–H and O–H groups in total. The first-order valence-electron chi connectivity index (χ1n) is 6.45. The smallest absolute Gasteiger partial charge is 0.0271 e. The quantitative estimate of drug-likeness (QED) is 0.788. The van der Waals surface area contributed by atoms with Gasteiger partial charge in [-0.05, 0) is 42.6 Å². The van der Waals surface area contributed by atoms with Gasteiger partial charge in [-0.25, -0.2) is 0 Å². The van der Waals surface area contributed by atoms with Crippen molar-refractivity contribution in [2.45, 2.75) is 33.7 Å². The molecule has 96 valence electrons. The topological polar surface area (TPSA) is 42.2 Å². The van der Waals surface area contributed by atoms with Gasteiger partial charge in [-0.3, -0.25) is 9.88 Å². The minimum Gasteiger partial charge on any atom is -0.330 e. The largest absolute Gasteiger partial charge is 0.330 e. The summed E-state index contributed by atoms with van der Waals surface area (Å²) in [4.78, 5) is 6.50. The Morgan fingerprint density at radius 3 is 2.41 bits per heavy atom. The number of rotatable bonds is 7. The molecule has 17 heavy (non-hydrogen) atoms. The molecule has 0 bridgehead atoms. The summed E-state index contributed by atoms with van der Waals surface area (Å²) < 4.78 is 0. The molecule has 1 rings (SSSR count). The van der Waals surface area contributed by atoms with Crippen LogP contribution in [0, 0.1) is 5.41 Å². The first-order chi connectivity index (χ1) is 8.13. The van der Waals surface area contributed by atoms with E-state index in [4.69, 9.17) is 5.73 Å². The molecule has 1 aromatic heterocycles. The molecule has 3 heteroatoms. The van der Waals surface area contributed by atoms with E-state index in [0.29, 0.717) is 0 Å². The van der Waals surface area contributed by atoms with Crippen molar-refractivity contribution < 1.29 is 0 Å². The molecule has 1 unspecified atom stereocenters. The van der Waals surface area contributed by atoms with E-state index >= 15 is 0 Å². The van der Waals surface area contributed by atoms with Crippen LogP contribution in [-0.2, 0) is 6.54 Å². The third kappa shape index (κ3) is 4.44. The van der Waals surface area contributed by atoms with Gasteiger partial charge in [0.1, 0.15) is 0 Å². The van der Waals surface area contributed by atoms with Gasteiger partial charge in [-0.15, -0.1) is 0 Å². The Labute approximate surface area is 105 Å². The predicted molar refractivity (Wildman–Crippen MR) is 72.6 cm³/mol. The Balaban J connectivity index is 2.60. The lowest BCUT2D eigenvalue weighted by Crippen LogP contribution is -2.40. The molecule has 1 atom stereocenters. The van der Waals surface area contributed by atoms with E-state index in [1.54, 1.807) is 0 Å². The maximum atomic E-state index is 5.88. The molecule has 0 spiro atoms. The van der Waals surface area contributed by atoms with Crippen molar-refractivity contribution in [2.24, 2.45) is 11.1 Å². The molecule has 0 fully saturated rings. The molecule has 0 aromatic carbocycles. The van der Waals surface area contributed by atoms with E-state index in [0.717, 1.165) is 32.6 Å². The second-order valence-electron chi connectivity index (χ2n) is 5.03. The zero-order valence-electron chi connectivity index (χ0n) is 11.3. The Kier molecular flexibility index (Phi) is 5.59. The lowest BCUT2D eigenvalue weighted by molar-refractivity contribution is 0.164. The molecule has 0 radical (unpaired) electrons. The van der Waals surface area contributed by atoms with E-state index in [1.165, 1.54) is 5.56 Å². The summed E-state index contributed by atoms with van der Waals surface area (Å²) >= 11 is 0. The summed E-state index contributed by atoms with van der Waals surface area (Å²) in [5.74, 6) is 0. The summed E-state index contributed by atoms with van der Waals surface area (Å²) in [6.07, 6.45) is 4.83. The van der Waals surface area contributed by atoms with E-state index in [9.17, 15) is 0 Å². The fraction of sp³-hybridized carbons (Fsp3) is 0.643. The van der Waals surface area contributed by atoms with Crippen LogP contribution in [0.5, 0.6) is 0 Å². The monoisotopic (exact) mass is 235 g/mol. The number of hydrogen-bond donors (Lipinski definition) is 1. The highest BCUT2D eigenvalue weighted by molar-refractivity contribution is 5.09. The average Bonchev–Trinajstić information content (AvgIpc) is 2.39. The third-order valence-electron chi connectivity index (χ3n) is 3.55. The van der Waals surface area contributed by atoms with Crippen molar-refractivity contribution in [1.29, 1.82) is 0 Å². The molecule has 0 amide bonds. The minimum absolute atomic E-state index is 0.225. The second kappa shape index (κ2) is 6.72. The van der Waals surface area contributed by atoms with Crippen molar-refractivity contribution in [2.75, 3.05) is 19.6 Å². The maximum Gasteiger partial charge on any atom is 0.0271 e. The molecule has 0 saturated carbocycles. The van der Waals surface area contributed by atoms with Crippen molar-refractivity contribution in [3.8, 4) is 0 Å². The van der Waals surface area contributed by atoms with E-state index < -0.39 is 0 Å². The Bertz CT molecular complexity index is 307. The van der Waals surface area contributed by atoms with Gasteiger partial charge in [0.05, 0.1) is 0 Å². The minimum atomic E-state index is 0.225. The molecule has 0 aliphatic carbocycles. The van der Waals surface area contributed by atoms with Gasteiger partial charge in [0.25, 0.3) is 0 Å². The Morgan fingerprint density at radius 2 is 1.94 bits per heavy atom. The van der Waals surface area contributed by atoms with E-state index in [-0.39, 0.29) is 5.41 Å². The Morgan fingerprint density at radius 1 is 1.29 bits per heavy atom. The van der Waals surface area contributed by atoms with Gasteiger partial charge in [0.15, 0.2) is 0 Å². The van der Waals surface area contributed by atoms with Crippen molar-refractivity contribution in [3.05, 3.63) is 30.1 Å². The van der Waals surface area contributed by atoms with Crippen LogP contribution in [0.1, 0.15) is 32.8 Å². The fourth-order valence-electron chi connectivity index (χ4n) is 1.89. The summed E-state index contributed by atoms with van der Waals surface area (Å²) in [6.45, 7) is 10.5. The number of pyridine rings is 1. The van der Waals surface area contributed by atoms with Crippen LogP contribution in [0.4, 0.5) is 0 Å². The molecule has 0 saturated heterocycles. The van der Waals surface area contributed by atoms with Crippen LogP contribution < -0.4 is 5.73 Å². The molecular formula is C14H25N3. The van der Waals surface area contributed by atoms with Gasteiger partial charge in [-0.2, -0.15) is 0 Å². The van der Waals surface area contributed by atoms with Gasteiger partial charge in [0.2, 0.25) is 0 Å². The van der Waals surface area contributed by atoms with E-state index in [2.05, 4.69) is 42.8 Å². The molecule has 1 aromatic rings. The summed E-state index contributed by atoms with van der Waals surface area (Å²) in [7, 11) is 0. The van der Waals surface area contributed by atoms with Crippen molar-refractivity contribution >= 4 is 0 Å². The fourth-order valence-corrected chi connectivity index (χ4v) is 1.89. The van der Waals surface area contributed by atoms with Gasteiger partial charge in [0, 0.05) is 25.5 Å². The maximum absolute atomic E-state index is 5.88. The van der Waals surface area contributed by atoms with Gasteiger partial charge in [-0.1, -0.05) is 20.8 Å². The predicted octanol–water partition coefficient (Wildman–Crippen LogP) is 2.28. The number of aromatic nitrogens is 1. The second-order valence-corrected chi connectivity index (χ2v) is 5.03. The zero-order valence-corrected chi connectivity index (χ0v) is 11.3. The summed E-state index contributed by atoms with van der Waals surface area (Å²) in [5.41, 5.74) is 7.42. The van der Waals surface area contributed by atoms with Crippen molar-refractivity contribution in [1.82, 2.24) is 9.88 Å². The Hall–Kier alpha value is -0.930. The van der Waals surface area contributed by atoms with Crippen LogP contribution >= 0.6 is 0 Å². The highest BCUT2D eigenvalue weighted by atomic mass is 15.1. The third-order valence-corrected chi connectivity index (χ3v) is 3.55. The molecule has 0 aliphatic rings. The first kappa shape index (κ1) is 14.1. The summed E-state index contributed by atoms with van der Waals surface area (Å²) in [6, 6.07) is 4.16. The van der Waals surface area contributed by atoms with Crippen LogP contribution in [0.3, 0.4) is 0 Å². The lowest BCUT2D eigenvalue weighted by atomic mass is 9.87. The SMILES string of the molecule is CCN(Cc1ccncc1)CC(C)(CC)CN. The van der Waals surface area contributed by atoms with Crippen molar-refractivity contribution in [3.63, 3.8) is 0 Å². The highest BCUT2D eigenvalue weighted by Gasteiger charge is 2.22. The molecule has 1 heterocycles. The average molecular weight is 235 g/mol. The molecule has 0 aliphatic heterocycles. The van der Waals surface area contributed by atoms with Crippen LogP contribution in [0.2, 0.25) is 0 Å². The standard InChI is InChI=1S/C14H25N3/c1-4-14(3,11-15)12-17(5-2)10-13-6-8-16-9-7-13/h6-9H,4-5,10-12,15H2,1-3H3.